The zero-order valence-corrected chi connectivity index (χ0v) is 12.9. The van der Waals surface area contributed by atoms with E-state index in [1.54, 1.807) is 0 Å². The number of benzene rings is 1. The largest absolute Gasteiger partial charge is 0.478 e. The summed E-state index contributed by atoms with van der Waals surface area (Å²) in [6.45, 7) is 8.40. The lowest BCUT2D eigenvalue weighted by molar-refractivity contribution is 0.0698. The van der Waals surface area contributed by atoms with Crippen molar-refractivity contribution in [3.8, 4) is 0 Å². The summed E-state index contributed by atoms with van der Waals surface area (Å²) in [5.74, 6) is -0.851. The summed E-state index contributed by atoms with van der Waals surface area (Å²) in [6, 6.07) is 4.79. The zero-order chi connectivity index (χ0) is 15.1. The van der Waals surface area contributed by atoms with Gasteiger partial charge in [0.2, 0.25) is 0 Å². The van der Waals surface area contributed by atoms with Gasteiger partial charge in [-0.05, 0) is 56.9 Å². The third-order valence-electron chi connectivity index (χ3n) is 4.59. The lowest BCUT2D eigenvalue weighted by atomic mass is 9.99. The first-order valence-corrected chi connectivity index (χ1v) is 7.58. The minimum atomic E-state index is -0.851. The first-order valence-electron chi connectivity index (χ1n) is 7.58. The molecule has 3 rings (SSSR count). The number of aromatic carboxylic acids is 1. The molecule has 0 saturated carbocycles. The second-order valence-corrected chi connectivity index (χ2v) is 6.23. The monoisotopic (exact) mass is 286 g/mol. The third kappa shape index (κ3) is 2.44. The highest BCUT2D eigenvalue weighted by Gasteiger charge is 2.20. The van der Waals surface area contributed by atoms with Crippen molar-refractivity contribution in [3.63, 3.8) is 0 Å². The predicted molar refractivity (Wildman–Crippen MR) is 84.1 cm³/mol. The highest BCUT2D eigenvalue weighted by atomic mass is 16.4. The Morgan fingerprint density at radius 3 is 2.43 bits per heavy atom. The van der Waals surface area contributed by atoms with Gasteiger partial charge in [-0.15, -0.1) is 0 Å². The van der Waals surface area contributed by atoms with Crippen LogP contribution in [0.5, 0.6) is 0 Å². The Balaban J connectivity index is 2.06. The van der Waals surface area contributed by atoms with Gasteiger partial charge in [-0.2, -0.15) is 0 Å². The number of carboxylic acids is 1. The van der Waals surface area contributed by atoms with E-state index in [1.165, 1.54) is 11.1 Å². The Morgan fingerprint density at radius 2 is 1.86 bits per heavy atom. The molecule has 21 heavy (non-hydrogen) atoms. The molecule has 0 radical (unpaired) electrons. The summed E-state index contributed by atoms with van der Waals surface area (Å²) in [4.78, 5) is 17.1. The lowest BCUT2D eigenvalue weighted by Crippen LogP contribution is -2.32. The van der Waals surface area contributed by atoms with Crippen molar-refractivity contribution in [1.29, 1.82) is 0 Å². The van der Waals surface area contributed by atoms with Crippen LogP contribution in [0.4, 0.5) is 0 Å². The Bertz CT molecular complexity index is 700. The van der Waals surface area contributed by atoms with Crippen LogP contribution in [0.2, 0.25) is 0 Å². The van der Waals surface area contributed by atoms with E-state index in [-0.39, 0.29) is 0 Å². The number of carboxylic acid groups (broad SMARTS) is 1. The number of aryl methyl sites for hydroxylation is 1. The Kier molecular flexibility index (Phi) is 3.49. The van der Waals surface area contributed by atoms with Crippen LogP contribution in [0, 0.1) is 6.92 Å². The van der Waals surface area contributed by atoms with Crippen molar-refractivity contribution in [2.75, 3.05) is 13.1 Å². The number of nitrogens with one attached hydrogen (secondary N) is 1. The molecule has 2 aromatic rings. The van der Waals surface area contributed by atoms with E-state index in [2.05, 4.69) is 35.9 Å². The zero-order valence-electron chi connectivity index (χ0n) is 12.9. The maximum absolute atomic E-state index is 11.4. The predicted octanol–water partition coefficient (Wildman–Crippen LogP) is 2.98. The average Bonchev–Trinajstić information content (AvgIpc) is 2.59. The minimum Gasteiger partial charge on any atom is -0.478 e. The van der Waals surface area contributed by atoms with Crippen LogP contribution in [0.15, 0.2) is 12.1 Å². The van der Waals surface area contributed by atoms with E-state index in [9.17, 15) is 9.90 Å². The van der Waals surface area contributed by atoms with E-state index in [1.807, 2.05) is 6.92 Å². The van der Waals surface area contributed by atoms with E-state index in [0.29, 0.717) is 11.6 Å². The van der Waals surface area contributed by atoms with Gasteiger partial charge in [0, 0.05) is 35.7 Å². The van der Waals surface area contributed by atoms with Crippen LogP contribution in [0.1, 0.15) is 41.0 Å². The first-order chi connectivity index (χ1) is 9.97. The summed E-state index contributed by atoms with van der Waals surface area (Å²) in [7, 11) is 0. The molecule has 0 fully saturated rings. The summed E-state index contributed by atoms with van der Waals surface area (Å²) < 4.78 is 0. The average molecular weight is 286 g/mol. The van der Waals surface area contributed by atoms with Gasteiger partial charge in [0.1, 0.15) is 0 Å². The molecule has 4 heteroatoms. The molecule has 0 unspecified atom stereocenters. The summed E-state index contributed by atoms with van der Waals surface area (Å²) >= 11 is 0. The molecular formula is C17H22N2O2. The molecule has 0 aliphatic carbocycles. The fourth-order valence-corrected chi connectivity index (χ4v) is 3.36. The maximum Gasteiger partial charge on any atom is 0.338 e. The standard InChI is InChI=1S/C17H22N2O2/c1-10(2)19-6-4-12-8-14-15(9-13(12)5-7-19)18-11(3)16(14)17(20)21/h8-10,18H,4-7H2,1-3H3,(H,20,21). The number of rotatable bonds is 2. The van der Waals surface area contributed by atoms with E-state index in [0.717, 1.165) is 42.5 Å². The molecule has 0 saturated heterocycles. The van der Waals surface area contributed by atoms with Crippen LogP contribution in [-0.2, 0) is 12.8 Å². The van der Waals surface area contributed by atoms with Crippen LogP contribution in [0.3, 0.4) is 0 Å². The molecule has 1 aliphatic heterocycles. The summed E-state index contributed by atoms with van der Waals surface area (Å²) in [6.07, 6.45) is 2.02. The van der Waals surface area contributed by atoms with Crippen LogP contribution >= 0.6 is 0 Å². The topological polar surface area (TPSA) is 56.3 Å². The van der Waals surface area contributed by atoms with Gasteiger partial charge in [-0.25, -0.2) is 4.79 Å². The maximum atomic E-state index is 11.4. The van der Waals surface area contributed by atoms with Crippen molar-refractivity contribution in [2.45, 2.75) is 39.7 Å². The highest BCUT2D eigenvalue weighted by molar-refractivity contribution is 6.05. The van der Waals surface area contributed by atoms with Gasteiger partial charge >= 0.3 is 5.97 Å². The normalized spacial score (nSPS) is 16.2. The van der Waals surface area contributed by atoms with Crippen molar-refractivity contribution in [2.24, 2.45) is 0 Å². The molecule has 112 valence electrons. The molecule has 2 heterocycles. The van der Waals surface area contributed by atoms with Gasteiger partial charge in [-0.3, -0.25) is 0 Å². The molecule has 4 nitrogen and oxygen atoms in total. The number of carbonyl (C=O) groups is 1. The minimum absolute atomic E-state index is 0.415. The second kappa shape index (κ2) is 5.19. The Morgan fingerprint density at radius 1 is 1.24 bits per heavy atom. The van der Waals surface area contributed by atoms with Gasteiger partial charge in [-0.1, -0.05) is 0 Å². The number of hydrogen-bond acceptors (Lipinski definition) is 2. The number of fused-ring (bicyclic) bond motifs is 2. The second-order valence-electron chi connectivity index (χ2n) is 6.23. The fourth-order valence-electron chi connectivity index (χ4n) is 3.36. The van der Waals surface area contributed by atoms with Gasteiger partial charge in [0.25, 0.3) is 0 Å². The Hall–Kier alpha value is -1.81. The first kappa shape index (κ1) is 14.1. The SMILES string of the molecule is Cc1[nH]c2cc3c(cc2c1C(=O)O)CCN(C(C)C)CC3. The molecule has 2 N–H and O–H groups in total. The summed E-state index contributed by atoms with van der Waals surface area (Å²) in [5.41, 5.74) is 4.75. The molecule has 1 aromatic carbocycles. The van der Waals surface area contributed by atoms with Gasteiger partial charge in [0.05, 0.1) is 5.56 Å². The Labute approximate surface area is 124 Å². The molecular weight excluding hydrogens is 264 g/mol. The quantitative estimate of drug-likeness (QED) is 0.892. The molecule has 0 spiro atoms. The molecule has 0 atom stereocenters. The number of aromatic nitrogens is 1. The smallest absolute Gasteiger partial charge is 0.338 e. The lowest BCUT2D eigenvalue weighted by Gasteiger charge is -2.23. The van der Waals surface area contributed by atoms with Crippen LogP contribution in [0.25, 0.3) is 10.9 Å². The highest BCUT2D eigenvalue weighted by Crippen LogP contribution is 2.28. The molecule has 1 aliphatic rings. The van der Waals surface area contributed by atoms with Gasteiger partial charge < -0.3 is 15.0 Å². The van der Waals surface area contributed by atoms with Crippen molar-refractivity contribution in [1.82, 2.24) is 9.88 Å². The molecule has 0 amide bonds. The number of hydrogen-bond donors (Lipinski definition) is 2. The van der Waals surface area contributed by atoms with Crippen molar-refractivity contribution < 1.29 is 9.90 Å². The fraction of sp³-hybridized carbons (Fsp3) is 0.471. The number of H-pyrrole nitrogens is 1. The third-order valence-corrected chi connectivity index (χ3v) is 4.59. The van der Waals surface area contributed by atoms with Crippen LogP contribution < -0.4 is 0 Å². The number of nitrogens with zero attached hydrogens (tertiary/aromatic N) is 1. The molecule has 1 aromatic heterocycles. The van der Waals surface area contributed by atoms with Crippen molar-refractivity contribution in [3.05, 3.63) is 34.5 Å². The van der Waals surface area contributed by atoms with Crippen molar-refractivity contribution >= 4 is 16.9 Å². The van der Waals surface area contributed by atoms with Gasteiger partial charge in [0.15, 0.2) is 0 Å². The van der Waals surface area contributed by atoms with Crippen LogP contribution in [-0.4, -0.2) is 40.1 Å². The van der Waals surface area contributed by atoms with E-state index < -0.39 is 5.97 Å². The summed E-state index contributed by atoms with van der Waals surface area (Å²) in [5, 5.41) is 10.2. The molecule has 0 bridgehead atoms. The number of aromatic amines is 1. The van der Waals surface area contributed by atoms with E-state index >= 15 is 0 Å². The van der Waals surface area contributed by atoms with E-state index in [4.69, 9.17) is 0 Å².